The maximum absolute atomic E-state index is 5.59. The van der Waals surface area contributed by atoms with Gasteiger partial charge < -0.3 is 9.47 Å². The van der Waals surface area contributed by atoms with Crippen LogP contribution in [0.2, 0.25) is 0 Å². The van der Waals surface area contributed by atoms with Crippen LogP contribution < -0.4 is 9.47 Å². The molecule has 0 saturated heterocycles. The third kappa shape index (κ3) is 3.42. The van der Waals surface area contributed by atoms with E-state index in [0.29, 0.717) is 12.5 Å². The molecule has 19 heavy (non-hydrogen) atoms. The zero-order valence-corrected chi connectivity index (χ0v) is 11.9. The number of hydrogen-bond donors (Lipinski definition) is 0. The van der Waals surface area contributed by atoms with Crippen molar-refractivity contribution in [2.45, 2.75) is 6.92 Å². The van der Waals surface area contributed by atoms with E-state index >= 15 is 0 Å². The quantitative estimate of drug-likeness (QED) is 0.759. The van der Waals surface area contributed by atoms with Crippen LogP contribution in [0, 0.1) is 6.92 Å². The summed E-state index contributed by atoms with van der Waals surface area (Å²) in [5.41, 5.74) is 3.55. The van der Waals surface area contributed by atoms with E-state index in [-0.39, 0.29) is 0 Å². The molecule has 2 nitrogen and oxygen atoms in total. The number of benzene rings is 2. The number of aryl methyl sites for hydroxylation is 1. The highest BCUT2D eigenvalue weighted by molar-refractivity contribution is 6.18. The smallest absolute Gasteiger partial charge is 0.119 e. The van der Waals surface area contributed by atoms with Crippen molar-refractivity contribution in [3.8, 4) is 22.6 Å². The molecule has 0 N–H and O–H groups in total. The normalized spacial score (nSPS) is 10.3. The van der Waals surface area contributed by atoms with Crippen LogP contribution in [0.3, 0.4) is 0 Å². The van der Waals surface area contributed by atoms with Crippen LogP contribution in [-0.4, -0.2) is 19.6 Å². The first-order chi connectivity index (χ1) is 9.24. The first-order valence-corrected chi connectivity index (χ1v) is 6.72. The lowest BCUT2D eigenvalue weighted by Crippen LogP contribution is -1.97. The monoisotopic (exact) mass is 276 g/mol. The minimum Gasteiger partial charge on any atom is -0.497 e. The first kappa shape index (κ1) is 13.8. The summed E-state index contributed by atoms with van der Waals surface area (Å²) < 4.78 is 10.7. The van der Waals surface area contributed by atoms with Gasteiger partial charge in [-0.3, -0.25) is 0 Å². The molecule has 0 fully saturated rings. The van der Waals surface area contributed by atoms with Gasteiger partial charge in [-0.1, -0.05) is 18.2 Å². The summed E-state index contributed by atoms with van der Waals surface area (Å²) in [4.78, 5) is 0. The third-order valence-electron chi connectivity index (χ3n) is 2.94. The molecule has 0 bridgehead atoms. The molecule has 0 aromatic heterocycles. The van der Waals surface area contributed by atoms with Gasteiger partial charge in [0, 0.05) is 0 Å². The van der Waals surface area contributed by atoms with Crippen LogP contribution in [0.1, 0.15) is 5.56 Å². The molecule has 2 rings (SSSR count). The topological polar surface area (TPSA) is 18.5 Å². The maximum atomic E-state index is 5.59. The molecule has 0 aliphatic heterocycles. The van der Waals surface area contributed by atoms with Gasteiger partial charge in [-0.2, -0.15) is 0 Å². The Hall–Kier alpha value is -1.67. The molecular formula is C16H17ClO2. The maximum Gasteiger partial charge on any atom is 0.119 e. The number of alkyl halides is 1. The molecule has 0 saturated carbocycles. The summed E-state index contributed by atoms with van der Waals surface area (Å²) in [5, 5.41) is 0. The molecule has 0 amide bonds. The summed E-state index contributed by atoms with van der Waals surface area (Å²) in [5.74, 6) is 2.22. The Morgan fingerprint density at radius 1 is 1.00 bits per heavy atom. The second kappa shape index (κ2) is 6.48. The van der Waals surface area contributed by atoms with E-state index in [9.17, 15) is 0 Å². The largest absolute Gasteiger partial charge is 0.497 e. The van der Waals surface area contributed by atoms with E-state index < -0.39 is 0 Å². The summed E-state index contributed by atoms with van der Waals surface area (Å²) in [6.45, 7) is 2.61. The molecule has 0 heterocycles. The number of hydrogen-bond acceptors (Lipinski definition) is 2. The van der Waals surface area contributed by atoms with Crippen LogP contribution in [0.5, 0.6) is 11.5 Å². The van der Waals surface area contributed by atoms with Crippen molar-refractivity contribution in [2.75, 3.05) is 19.6 Å². The molecule has 100 valence electrons. The Kier molecular flexibility index (Phi) is 4.69. The molecule has 0 unspecified atom stereocenters. The van der Waals surface area contributed by atoms with Crippen molar-refractivity contribution < 1.29 is 9.47 Å². The van der Waals surface area contributed by atoms with Gasteiger partial charge in [-0.25, -0.2) is 0 Å². The van der Waals surface area contributed by atoms with Gasteiger partial charge >= 0.3 is 0 Å². The Balaban J connectivity index is 2.22. The second-order valence-electron chi connectivity index (χ2n) is 4.24. The first-order valence-electron chi connectivity index (χ1n) is 6.18. The molecule has 0 aliphatic rings. The van der Waals surface area contributed by atoms with Crippen molar-refractivity contribution in [3.05, 3.63) is 48.0 Å². The number of ether oxygens (including phenoxy) is 2. The molecule has 3 heteroatoms. The average molecular weight is 277 g/mol. The van der Waals surface area contributed by atoms with Crippen molar-refractivity contribution in [3.63, 3.8) is 0 Å². The van der Waals surface area contributed by atoms with E-state index in [1.165, 1.54) is 16.7 Å². The average Bonchev–Trinajstić information content (AvgIpc) is 2.45. The number of methoxy groups -OCH3 is 1. The van der Waals surface area contributed by atoms with Gasteiger partial charge in [0.25, 0.3) is 0 Å². The van der Waals surface area contributed by atoms with Crippen LogP contribution in [0.25, 0.3) is 11.1 Å². The molecule has 0 spiro atoms. The summed E-state index contributed by atoms with van der Waals surface area (Å²) in [6, 6.07) is 14.1. The summed E-state index contributed by atoms with van der Waals surface area (Å²) >= 11 is 5.59. The predicted molar refractivity (Wildman–Crippen MR) is 79.4 cm³/mol. The van der Waals surface area contributed by atoms with Gasteiger partial charge in [0.1, 0.15) is 18.1 Å². The van der Waals surface area contributed by atoms with Gasteiger partial charge in [0.2, 0.25) is 0 Å². The summed E-state index contributed by atoms with van der Waals surface area (Å²) in [7, 11) is 1.68. The Morgan fingerprint density at radius 3 is 2.26 bits per heavy atom. The highest BCUT2D eigenvalue weighted by Crippen LogP contribution is 2.28. The second-order valence-corrected chi connectivity index (χ2v) is 4.62. The lowest BCUT2D eigenvalue weighted by atomic mass is 10.0. The predicted octanol–water partition coefficient (Wildman–Crippen LogP) is 4.29. The Bertz CT molecular complexity index is 535. The zero-order chi connectivity index (χ0) is 13.7. The fourth-order valence-electron chi connectivity index (χ4n) is 1.97. The minimum absolute atomic E-state index is 0.499. The third-order valence-corrected chi connectivity index (χ3v) is 3.10. The zero-order valence-electron chi connectivity index (χ0n) is 11.2. The van der Waals surface area contributed by atoms with Crippen LogP contribution in [-0.2, 0) is 0 Å². The fourth-order valence-corrected chi connectivity index (χ4v) is 2.05. The molecular weight excluding hydrogens is 260 g/mol. The van der Waals surface area contributed by atoms with Gasteiger partial charge in [0.15, 0.2) is 0 Å². The van der Waals surface area contributed by atoms with Crippen molar-refractivity contribution >= 4 is 11.6 Å². The molecule has 2 aromatic carbocycles. The number of halogens is 1. The van der Waals surface area contributed by atoms with Crippen molar-refractivity contribution in [1.29, 1.82) is 0 Å². The van der Waals surface area contributed by atoms with Crippen molar-refractivity contribution in [1.82, 2.24) is 0 Å². The Morgan fingerprint density at radius 2 is 1.68 bits per heavy atom. The standard InChI is InChI=1S/C16H17ClO2/c1-12-11-15(18-2)7-8-16(12)13-3-5-14(6-4-13)19-10-9-17/h3-8,11H,9-10H2,1-2H3. The fraction of sp³-hybridized carbons (Fsp3) is 0.250. The molecule has 2 aromatic rings. The van der Waals surface area contributed by atoms with Gasteiger partial charge in [-0.15, -0.1) is 11.6 Å². The van der Waals surface area contributed by atoms with E-state index in [1.54, 1.807) is 7.11 Å². The lowest BCUT2D eigenvalue weighted by Gasteiger charge is -2.09. The van der Waals surface area contributed by atoms with Crippen LogP contribution >= 0.6 is 11.6 Å². The highest BCUT2D eigenvalue weighted by Gasteiger charge is 2.03. The van der Waals surface area contributed by atoms with Gasteiger partial charge in [-0.05, 0) is 47.9 Å². The van der Waals surface area contributed by atoms with Crippen molar-refractivity contribution in [2.24, 2.45) is 0 Å². The van der Waals surface area contributed by atoms with E-state index in [0.717, 1.165) is 11.5 Å². The van der Waals surface area contributed by atoms with E-state index in [2.05, 4.69) is 25.1 Å². The lowest BCUT2D eigenvalue weighted by molar-refractivity contribution is 0.343. The van der Waals surface area contributed by atoms with Crippen LogP contribution in [0.4, 0.5) is 0 Å². The highest BCUT2D eigenvalue weighted by atomic mass is 35.5. The van der Waals surface area contributed by atoms with E-state index in [1.807, 2.05) is 24.3 Å². The van der Waals surface area contributed by atoms with E-state index in [4.69, 9.17) is 21.1 Å². The minimum atomic E-state index is 0.499. The molecule has 0 atom stereocenters. The Labute approximate surface area is 118 Å². The molecule has 0 radical (unpaired) electrons. The molecule has 0 aliphatic carbocycles. The van der Waals surface area contributed by atoms with Crippen LogP contribution in [0.15, 0.2) is 42.5 Å². The summed E-state index contributed by atoms with van der Waals surface area (Å²) in [6.07, 6.45) is 0. The van der Waals surface area contributed by atoms with Gasteiger partial charge in [0.05, 0.1) is 13.0 Å². The number of rotatable bonds is 5. The SMILES string of the molecule is COc1ccc(-c2ccc(OCCCl)cc2)c(C)c1.